The Morgan fingerprint density at radius 3 is 2.82 bits per heavy atom. The van der Waals surface area contributed by atoms with Gasteiger partial charge in [0.05, 0.1) is 0 Å². The Morgan fingerprint density at radius 1 is 1.29 bits per heavy atom. The number of alkyl halides is 1. The monoisotopic (exact) mass is 454 g/mol. The van der Waals surface area contributed by atoms with Gasteiger partial charge >= 0.3 is 0 Å². The van der Waals surface area contributed by atoms with Gasteiger partial charge in [0.1, 0.15) is 0 Å². The van der Waals surface area contributed by atoms with Crippen molar-refractivity contribution in [2.75, 3.05) is 0 Å². The standard InChI is InChI=1S/C15H20I2/c1-15(2)13-7-9(16)3-5-11(13)12-6-4-10(17)8-14(12)15/h3,5,7,10-14H,4,6,8H2,1-2H3. The molecule has 0 aliphatic heterocycles. The molecule has 5 atom stereocenters. The van der Waals surface area contributed by atoms with E-state index in [2.05, 4.69) is 77.3 Å². The van der Waals surface area contributed by atoms with E-state index in [1.807, 2.05) is 0 Å². The Bertz CT molecular complexity index is 380. The van der Waals surface area contributed by atoms with Crippen LogP contribution in [-0.2, 0) is 0 Å². The first-order chi connectivity index (χ1) is 8.00. The highest BCUT2D eigenvalue weighted by atomic mass is 127. The fraction of sp³-hybridized carbons (Fsp3) is 0.733. The maximum Gasteiger partial charge on any atom is 0.0113 e. The van der Waals surface area contributed by atoms with Gasteiger partial charge in [0, 0.05) is 7.50 Å². The predicted molar refractivity (Wildman–Crippen MR) is 90.6 cm³/mol. The smallest absolute Gasteiger partial charge is 0.0113 e. The molecule has 0 aromatic heterocycles. The number of fused-ring (bicyclic) bond motifs is 3. The van der Waals surface area contributed by atoms with Crippen molar-refractivity contribution in [1.82, 2.24) is 0 Å². The van der Waals surface area contributed by atoms with Gasteiger partial charge in [-0.05, 0) is 70.9 Å². The number of hydrogen-bond acceptors (Lipinski definition) is 0. The second-order valence-electron chi connectivity index (χ2n) is 6.52. The van der Waals surface area contributed by atoms with E-state index in [9.17, 15) is 0 Å². The predicted octanol–water partition coefficient (Wildman–Crippen LogP) is 5.37. The molecule has 0 nitrogen and oxygen atoms in total. The van der Waals surface area contributed by atoms with Crippen molar-refractivity contribution >= 4 is 45.2 Å². The third-order valence-electron chi connectivity index (χ3n) is 5.38. The summed E-state index contributed by atoms with van der Waals surface area (Å²) in [7, 11) is 0. The first-order valence-electron chi connectivity index (χ1n) is 6.69. The zero-order chi connectivity index (χ0) is 12.2. The van der Waals surface area contributed by atoms with Crippen molar-refractivity contribution < 1.29 is 0 Å². The molecule has 0 aromatic carbocycles. The van der Waals surface area contributed by atoms with Gasteiger partial charge in [0.25, 0.3) is 0 Å². The molecule has 0 spiro atoms. The summed E-state index contributed by atoms with van der Waals surface area (Å²) in [6.07, 6.45) is 11.8. The zero-order valence-electron chi connectivity index (χ0n) is 10.5. The van der Waals surface area contributed by atoms with Crippen molar-refractivity contribution in [2.45, 2.75) is 37.0 Å². The summed E-state index contributed by atoms with van der Waals surface area (Å²) in [6, 6.07) is 0. The molecule has 5 unspecified atom stereocenters. The van der Waals surface area contributed by atoms with E-state index < -0.39 is 0 Å². The summed E-state index contributed by atoms with van der Waals surface area (Å²) in [6.45, 7) is 5.03. The van der Waals surface area contributed by atoms with E-state index in [4.69, 9.17) is 0 Å². The third-order valence-corrected chi connectivity index (χ3v) is 7.23. The first-order valence-corrected chi connectivity index (χ1v) is 9.02. The molecule has 2 heteroatoms. The highest BCUT2D eigenvalue weighted by molar-refractivity contribution is 14.1. The summed E-state index contributed by atoms with van der Waals surface area (Å²) in [5.41, 5.74) is 0.500. The Kier molecular flexibility index (Phi) is 3.42. The molecule has 0 radical (unpaired) electrons. The van der Waals surface area contributed by atoms with Gasteiger partial charge in [-0.3, -0.25) is 0 Å². The SMILES string of the molecule is CC1(C)C2C=C(I)C=CC2C2CCC(I)CC21. The van der Waals surface area contributed by atoms with Crippen LogP contribution in [0.4, 0.5) is 0 Å². The largest absolute Gasteiger partial charge is 0.0826 e. The summed E-state index contributed by atoms with van der Waals surface area (Å²) in [4.78, 5) is 0. The van der Waals surface area contributed by atoms with Crippen molar-refractivity contribution in [3.8, 4) is 0 Å². The van der Waals surface area contributed by atoms with Crippen LogP contribution in [-0.4, -0.2) is 3.92 Å². The van der Waals surface area contributed by atoms with Crippen molar-refractivity contribution in [3.63, 3.8) is 0 Å². The molecule has 2 fully saturated rings. The van der Waals surface area contributed by atoms with Crippen molar-refractivity contribution in [2.24, 2.45) is 29.1 Å². The van der Waals surface area contributed by atoms with Gasteiger partial charge in [0.2, 0.25) is 0 Å². The van der Waals surface area contributed by atoms with E-state index in [1.54, 1.807) is 0 Å². The molecule has 3 aliphatic carbocycles. The van der Waals surface area contributed by atoms with Gasteiger partial charge in [-0.25, -0.2) is 0 Å². The van der Waals surface area contributed by atoms with Crippen LogP contribution in [0.15, 0.2) is 21.8 Å². The van der Waals surface area contributed by atoms with Crippen LogP contribution < -0.4 is 0 Å². The second kappa shape index (κ2) is 4.50. The van der Waals surface area contributed by atoms with E-state index in [-0.39, 0.29) is 0 Å². The van der Waals surface area contributed by atoms with Gasteiger partial charge in [0.15, 0.2) is 0 Å². The Morgan fingerprint density at radius 2 is 2.06 bits per heavy atom. The van der Waals surface area contributed by atoms with Crippen molar-refractivity contribution in [3.05, 3.63) is 21.8 Å². The second-order valence-corrected chi connectivity index (χ2v) is 9.52. The lowest BCUT2D eigenvalue weighted by molar-refractivity contribution is 0.153. The molecule has 3 rings (SSSR count). The van der Waals surface area contributed by atoms with Crippen LogP contribution in [0.2, 0.25) is 0 Å². The molecular weight excluding hydrogens is 434 g/mol. The molecule has 2 saturated carbocycles. The van der Waals surface area contributed by atoms with Crippen LogP contribution >= 0.6 is 45.2 Å². The molecule has 0 bridgehead atoms. The van der Waals surface area contributed by atoms with Gasteiger partial charge in [-0.1, -0.05) is 54.7 Å². The van der Waals surface area contributed by atoms with Crippen LogP contribution in [0, 0.1) is 29.1 Å². The van der Waals surface area contributed by atoms with E-state index in [1.165, 1.54) is 22.8 Å². The molecule has 17 heavy (non-hydrogen) atoms. The molecule has 3 aliphatic rings. The number of rotatable bonds is 0. The minimum atomic E-state index is 0.500. The summed E-state index contributed by atoms with van der Waals surface area (Å²) >= 11 is 5.15. The maximum absolute atomic E-state index is 2.67. The maximum atomic E-state index is 2.67. The van der Waals surface area contributed by atoms with Crippen LogP contribution in [0.3, 0.4) is 0 Å². The van der Waals surface area contributed by atoms with E-state index >= 15 is 0 Å². The molecule has 0 N–H and O–H groups in total. The summed E-state index contributed by atoms with van der Waals surface area (Å²) < 4.78 is 2.36. The number of halogens is 2. The fourth-order valence-electron chi connectivity index (χ4n) is 4.49. The quantitative estimate of drug-likeness (QED) is 0.341. The Balaban J connectivity index is 1.97. The number of allylic oxidation sites excluding steroid dienone is 4. The van der Waals surface area contributed by atoms with Gasteiger partial charge in [-0.2, -0.15) is 0 Å². The molecule has 0 heterocycles. The highest BCUT2D eigenvalue weighted by Crippen LogP contribution is 2.61. The lowest BCUT2D eigenvalue weighted by Crippen LogP contribution is -2.31. The fourth-order valence-corrected chi connectivity index (χ4v) is 5.99. The van der Waals surface area contributed by atoms with Crippen LogP contribution in [0.1, 0.15) is 33.1 Å². The van der Waals surface area contributed by atoms with E-state index in [0.717, 1.165) is 27.6 Å². The number of hydrogen-bond donors (Lipinski definition) is 0. The first kappa shape index (κ1) is 12.9. The summed E-state index contributed by atoms with van der Waals surface area (Å²) in [5.74, 6) is 3.52. The highest BCUT2D eigenvalue weighted by Gasteiger charge is 2.55. The lowest BCUT2D eigenvalue weighted by atomic mass is 9.69. The molecule has 0 aromatic rings. The summed E-state index contributed by atoms with van der Waals surface area (Å²) in [5, 5.41) is 0. The topological polar surface area (TPSA) is 0 Å². The van der Waals surface area contributed by atoms with E-state index in [0.29, 0.717) is 5.41 Å². The third kappa shape index (κ3) is 2.05. The molecular formula is C15H20I2. The molecule has 0 saturated heterocycles. The lowest BCUT2D eigenvalue weighted by Gasteiger charge is -2.38. The Labute approximate surface area is 132 Å². The Hall–Kier alpha value is 0.940. The average molecular weight is 454 g/mol. The molecule has 0 amide bonds. The zero-order valence-corrected chi connectivity index (χ0v) is 14.8. The average Bonchev–Trinajstić information content (AvgIpc) is 2.49. The minimum absolute atomic E-state index is 0.500. The van der Waals surface area contributed by atoms with Gasteiger partial charge < -0.3 is 0 Å². The molecule has 94 valence electrons. The minimum Gasteiger partial charge on any atom is -0.0826 e. The van der Waals surface area contributed by atoms with Crippen molar-refractivity contribution in [1.29, 1.82) is 0 Å². The normalized spacial score (nSPS) is 47.3. The van der Waals surface area contributed by atoms with Crippen LogP contribution in [0.5, 0.6) is 0 Å². The van der Waals surface area contributed by atoms with Crippen LogP contribution in [0.25, 0.3) is 0 Å². The van der Waals surface area contributed by atoms with Gasteiger partial charge in [-0.15, -0.1) is 0 Å².